The van der Waals surface area contributed by atoms with Crippen LogP contribution in [0.5, 0.6) is 0 Å². The molecule has 3 aromatic heterocycles. The molecule has 0 bridgehead atoms. The third kappa shape index (κ3) is 2.92. The van der Waals surface area contributed by atoms with Crippen molar-refractivity contribution in [3.8, 4) is 0 Å². The Hall–Kier alpha value is -2.63. The van der Waals surface area contributed by atoms with Gasteiger partial charge >= 0.3 is 0 Å². The topological polar surface area (TPSA) is 49.6 Å². The number of nitrogens with zero attached hydrogens (tertiary/aromatic N) is 6. The summed E-state index contributed by atoms with van der Waals surface area (Å²) in [5.74, 6) is 1.15. The molecular formula is C19H24N6. The maximum atomic E-state index is 4.73. The fourth-order valence-electron chi connectivity index (χ4n) is 3.52. The Morgan fingerprint density at radius 1 is 0.920 bits per heavy atom. The van der Waals surface area contributed by atoms with Gasteiger partial charge in [0.25, 0.3) is 0 Å². The van der Waals surface area contributed by atoms with Crippen LogP contribution in [0.4, 0.5) is 11.5 Å². The van der Waals surface area contributed by atoms with E-state index in [-0.39, 0.29) is 0 Å². The van der Waals surface area contributed by atoms with E-state index in [9.17, 15) is 0 Å². The molecule has 0 aliphatic carbocycles. The van der Waals surface area contributed by atoms with Crippen LogP contribution >= 0.6 is 0 Å². The van der Waals surface area contributed by atoms with Crippen LogP contribution in [0.15, 0.2) is 30.6 Å². The van der Waals surface area contributed by atoms with E-state index in [1.54, 1.807) is 0 Å². The van der Waals surface area contributed by atoms with Gasteiger partial charge in [-0.25, -0.2) is 4.98 Å². The summed E-state index contributed by atoms with van der Waals surface area (Å²) in [6, 6.07) is 6.33. The average molecular weight is 336 g/mol. The van der Waals surface area contributed by atoms with Crippen molar-refractivity contribution >= 4 is 17.2 Å². The Balaban J connectivity index is 1.65. The van der Waals surface area contributed by atoms with Gasteiger partial charge in [-0.15, -0.1) is 0 Å². The van der Waals surface area contributed by atoms with E-state index in [1.807, 2.05) is 16.9 Å². The molecule has 6 heteroatoms. The van der Waals surface area contributed by atoms with Crippen molar-refractivity contribution < 1.29 is 0 Å². The molecule has 4 heterocycles. The van der Waals surface area contributed by atoms with Crippen LogP contribution in [0, 0.1) is 20.8 Å². The van der Waals surface area contributed by atoms with Gasteiger partial charge in [-0.1, -0.05) is 0 Å². The number of aromatic nitrogens is 4. The van der Waals surface area contributed by atoms with Crippen molar-refractivity contribution in [1.29, 1.82) is 0 Å². The Bertz CT molecular complexity index is 886. The summed E-state index contributed by atoms with van der Waals surface area (Å²) in [4.78, 5) is 13.7. The van der Waals surface area contributed by atoms with Gasteiger partial charge in [-0.3, -0.25) is 4.98 Å². The lowest BCUT2D eigenvalue weighted by Gasteiger charge is -2.25. The molecule has 1 fully saturated rings. The van der Waals surface area contributed by atoms with Crippen molar-refractivity contribution in [3.63, 3.8) is 0 Å². The van der Waals surface area contributed by atoms with E-state index < -0.39 is 0 Å². The Morgan fingerprint density at radius 3 is 2.44 bits per heavy atom. The molecule has 0 amide bonds. The quantitative estimate of drug-likeness (QED) is 0.720. The Labute approximate surface area is 148 Å². The normalized spacial score (nSPS) is 15.6. The van der Waals surface area contributed by atoms with Crippen LogP contribution < -0.4 is 9.80 Å². The lowest BCUT2D eigenvalue weighted by Crippen LogP contribution is -2.32. The molecule has 0 unspecified atom stereocenters. The molecule has 0 saturated carbocycles. The van der Waals surface area contributed by atoms with E-state index in [1.165, 1.54) is 5.69 Å². The standard InChI is InChI=1S/C19H24N6/c1-14-13-18(25-19(21-14)15(2)16(3)22-25)24-10-4-9-23(11-12-24)17-5-7-20-8-6-17/h5-8,13H,4,9-12H2,1-3H3. The fraction of sp³-hybridized carbons (Fsp3) is 0.421. The third-order valence-corrected chi connectivity index (χ3v) is 5.01. The summed E-state index contributed by atoms with van der Waals surface area (Å²) >= 11 is 0. The lowest BCUT2D eigenvalue weighted by atomic mass is 10.3. The molecule has 3 aromatic rings. The summed E-state index contributed by atoms with van der Waals surface area (Å²) in [7, 11) is 0. The third-order valence-electron chi connectivity index (χ3n) is 5.01. The van der Waals surface area contributed by atoms with Crippen molar-refractivity contribution in [1.82, 2.24) is 19.6 Å². The summed E-state index contributed by atoms with van der Waals surface area (Å²) in [6.07, 6.45) is 4.84. The molecule has 6 nitrogen and oxygen atoms in total. The summed E-state index contributed by atoms with van der Waals surface area (Å²) in [5, 5.41) is 4.73. The predicted molar refractivity (Wildman–Crippen MR) is 100 cm³/mol. The van der Waals surface area contributed by atoms with E-state index in [2.05, 4.69) is 53.8 Å². The van der Waals surface area contributed by atoms with Gasteiger partial charge in [0.15, 0.2) is 5.65 Å². The molecule has 0 radical (unpaired) electrons. The minimum atomic E-state index is 0.971. The molecule has 1 aliphatic rings. The van der Waals surface area contributed by atoms with Crippen molar-refractivity contribution in [2.45, 2.75) is 27.2 Å². The van der Waals surface area contributed by atoms with E-state index >= 15 is 0 Å². The molecule has 0 N–H and O–H groups in total. The van der Waals surface area contributed by atoms with Gasteiger partial charge in [0.1, 0.15) is 5.82 Å². The average Bonchev–Trinajstić information content (AvgIpc) is 2.81. The fourth-order valence-corrected chi connectivity index (χ4v) is 3.52. The van der Waals surface area contributed by atoms with E-state index in [0.29, 0.717) is 0 Å². The first kappa shape index (κ1) is 15.9. The zero-order valence-electron chi connectivity index (χ0n) is 15.1. The highest BCUT2D eigenvalue weighted by Gasteiger charge is 2.20. The minimum Gasteiger partial charge on any atom is -0.370 e. The molecule has 1 saturated heterocycles. The van der Waals surface area contributed by atoms with E-state index in [4.69, 9.17) is 10.1 Å². The molecule has 0 spiro atoms. The van der Waals surface area contributed by atoms with Crippen LogP contribution in [0.1, 0.15) is 23.4 Å². The maximum absolute atomic E-state index is 4.73. The molecular weight excluding hydrogens is 312 g/mol. The molecule has 0 aromatic carbocycles. The summed E-state index contributed by atoms with van der Waals surface area (Å²) in [5.41, 5.74) is 5.48. The van der Waals surface area contributed by atoms with Crippen molar-refractivity contribution in [2.75, 3.05) is 36.0 Å². The zero-order valence-corrected chi connectivity index (χ0v) is 15.1. The van der Waals surface area contributed by atoms with Gasteiger partial charge in [0, 0.05) is 61.6 Å². The van der Waals surface area contributed by atoms with Crippen molar-refractivity contribution in [2.24, 2.45) is 0 Å². The first-order valence-corrected chi connectivity index (χ1v) is 8.87. The first-order valence-electron chi connectivity index (χ1n) is 8.87. The number of fused-ring (bicyclic) bond motifs is 1. The zero-order chi connectivity index (χ0) is 17.4. The minimum absolute atomic E-state index is 0.971. The first-order chi connectivity index (χ1) is 12.1. The molecule has 0 atom stereocenters. The smallest absolute Gasteiger partial charge is 0.160 e. The largest absolute Gasteiger partial charge is 0.370 e. The Kier molecular flexibility index (Phi) is 4.03. The highest BCUT2D eigenvalue weighted by molar-refractivity contribution is 5.57. The predicted octanol–water partition coefficient (Wildman–Crippen LogP) is 2.77. The van der Waals surface area contributed by atoms with E-state index in [0.717, 1.165) is 61.0 Å². The van der Waals surface area contributed by atoms with Gasteiger partial charge in [0.2, 0.25) is 0 Å². The number of anilines is 2. The van der Waals surface area contributed by atoms with Gasteiger partial charge in [-0.05, 0) is 39.3 Å². The SMILES string of the molecule is Cc1cc(N2CCCN(c3ccncc3)CC2)n2nc(C)c(C)c2n1. The molecule has 25 heavy (non-hydrogen) atoms. The number of hydrogen-bond acceptors (Lipinski definition) is 5. The second-order valence-electron chi connectivity index (χ2n) is 6.73. The van der Waals surface area contributed by atoms with Crippen LogP contribution in [0.2, 0.25) is 0 Å². The second kappa shape index (κ2) is 6.35. The van der Waals surface area contributed by atoms with Crippen LogP contribution in [0.3, 0.4) is 0 Å². The highest BCUT2D eigenvalue weighted by atomic mass is 15.4. The van der Waals surface area contributed by atoms with Crippen LogP contribution in [-0.4, -0.2) is 45.8 Å². The lowest BCUT2D eigenvalue weighted by molar-refractivity contribution is 0.765. The number of pyridine rings is 1. The van der Waals surface area contributed by atoms with Crippen LogP contribution in [0.25, 0.3) is 5.65 Å². The van der Waals surface area contributed by atoms with Gasteiger partial charge in [0.05, 0.1) is 5.69 Å². The molecule has 130 valence electrons. The maximum Gasteiger partial charge on any atom is 0.160 e. The second-order valence-corrected chi connectivity index (χ2v) is 6.73. The Morgan fingerprint density at radius 2 is 1.64 bits per heavy atom. The van der Waals surface area contributed by atoms with Gasteiger partial charge < -0.3 is 9.80 Å². The highest BCUT2D eigenvalue weighted by Crippen LogP contribution is 2.23. The number of hydrogen-bond donors (Lipinski definition) is 0. The summed E-state index contributed by atoms with van der Waals surface area (Å²) in [6.45, 7) is 10.3. The summed E-state index contributed by atoms with van der Waals surface area (Å²) < 4.78 is 2.01. The monoisotopic (exact) mass is 336 g/mol. The van der Waals surface area contributed by atoms with Crippen molar-refractivity contribution in [3.05, 3.63) is 47.5 Å². The van der Waals surface area contributed by atoms with Crippen LogP contribution in [-0.2, 0) is 0 Å². The number of aryl methyl sites for hydroxylation is 3. The molecule has 1 aliphatic heterocycles. The van der Waals surface area contributed by atoms with Gasteiger partial charge in [-0.2, -0.15) is 9.61 Å². The molecule has 4 rings (SSSR count). The number of rotatable bonds is 2.